The van der Waals surface area contributed by atoms with Crippen LogP contribution in [0.15, 0.2) is 36.9 Å². The van der Waals surface area contributed by atoms with Gasteiger partial charge in [0, 0.05) is 31.3 Å². The molecule has 1 atom stereocenters. The Morgan fingerprint density at radius 2 is 2.32 bits per heavy atom. The molecule has 0 saturated carbocycles. The van der Waals surface area contributed by atoms with Crippen molar-refractivity contribution >= 4 is 5.91 Å². The van der Waals surface area contributed by atoms with Crippen molar-refractivity contribution in [1.29, 1.82) is 0 Å². The van der Waals surface area contributed by atoms with Gasteiger partial charge in [-0.25, -0.2) is 0 Å². The summed E-state index contributed by atoms with van der Waals surface area (Å²) in [6, 6.07) is 3.42. The average Bonchev–Trinajstić information content (AvgIpc) is 2.61. The summed E-state index contributed by atoms with van der Waals surface area (Å²) in [5.41, 5.74) is 1.29. The van der Waals surface area contributed by atoms with Crippen LogP contribution in [0.2, 0.25) is 0 Å². The second kappa shape index (κ2) is 7.04. The van der Waals surface area contributed by atoms with Crippen molar-refractivity contribution in [3.63, 3.8) is 0 Å². The van der Waals surface area contributed by atoms with Gasteiger partial charge in [-0.1, -0.05) is 0 Å². The lowest BCUT2D eigenvalue weighted by molar-refractivity contribution is -0.00449. The van der Waals surface area contributed by atoms with Crippen LogP contribution < -0.4 is 0 Å². The van der Waals surface area contributed by atoms with Gasteiger partial charge < -0.3 is 9.64 Å². The summed E-state index contributed by atoms with van der Waals surface area (Å²) in [4.78, 5) is 22.7. The van der Waals surface area contributed by atoms with Crippen LogP contribution in [0.4, 0.5) is 0 Å². The number of hydrogen-bond donors (Lipinski definition) is 0. The maximum atomic E-state index is 12.6. The summed E-state index contributed by atoms with van der Waals surface area (Å²) >= 11 is 0. The molecule has 0 N–H and O–H groups in total. The third kappa shape index (κ3) is 3.43. The van der Waals surface area contributed by atoms with Gasteiger partial charge in [0.05, 0.1) is 24.9 Å². The van der Waals surface area contributed by atoms with Gasteiger partial charge in [-0.15, -0.1) is 5.10 Å². The fourth-order valence-electron chi connectivity index (χ4n) is 2.50. The molecule has 0 bridgehead atoms. The van der Waals surface area contributed by atoms with Crippen LogP contribution in [0.3, 0.4) is 0 Å². The Morgan fingerprint density at radius 1 is 1.36 bits per heavy atom. The van der Waals surface area contributed by atoms with E-state index in [0.717, 1.165) is 18.5 Å². The third-order valence-electron chi connectivity index (χ3n) is 3.63. The Hall–Kier alpha value is -2.41. The molecule has 1 aliphatic heterocycles. The largest absolute Gasteiger partial charge is 0.377 e. The quantitative estimate of drug-likeness (QED) is 0.828. The van der Waals surface area contributed by atoms with E-state index in [0.29, 0.717) is 25.5 Å². The van der Waals surface area contributed by atoms with E-state index in [1.165, 1.54) is 0 Å². The lowest BCUT2D eigenvalue weighted by Crippen LogP contribution is -2.49. The second-order valence-electron chi connectivity index (χ2n) is 5.07. The number of hydrogen-bond acceptors (Lipinski definition) is 6. The third-order valence-corrected chi connectivity index (χ3v) is 3.63. The monoisotopic (exact) mass is 299 g/mol. The molecule has 1 amide bonds. The molecule has 1 aliphatic rings. The molecule has 114 valence electrons. The number of nitrogens with zero attached hydrogens (tertiary/aromatic N) is 5. The highest BCUT2D eigenvalue weighted by Gasteiger charge is 2.28. The molecule has 0 unspecified atom stereocenters. The van der Waals surface area contributed by atoms with E-state index in [1.54, 1.807) is 36.9 Å². The fraction of sp³-hybridized carbons (Fsp3) is 0.400. The average molecular weight is 299 g/mol. The Kier molecular flexibility index (Phi) is 4.65. The molecule has 22 heavy (non-hydrogen) atoms. The lowest BCUT2D eigenvalue weighted by Gasteiger charge is -2.35. The van der Waals surface area contributed by atoms with Gasteiger partial charge in [0.25, 0.3) is 5.91 Å². The highest BCUT2D eigenvalue weighted by molar-refractivity contribution is 5.92. The highest BCUT2D eigenvalue weighted by atomic mass is 16.5. The first-order valence-corrected chi connectivity index (χ1v) is 7.26. The molecular weight excluding hydrogens is 282 g/mol. The summed E-state index contributed by atoms with van der Waals surface area (Å²) < 4.78 is 5.52. The molecule has 3 heterocycles. The zero-order chi connectivity index (χ0) is 15.2. The Morgan fingerprint density at radius 3 is 3.09 bits per heavy atom. The predicted molar refractivity (Wildman–Crippen MR) is 78.0 cm³/mol. The van der Waals surface area contributed by atoms with Crippen molar-refractivity contribution in [2.45, 2.75) is 18.9 Å². The van der Waals surface area contributed by atoms with Crippen LogP contribution in [0, 0.1) is 0 Å². The van der Waals surface area contributed by atoms with Gasteiger partial charge in [0.1, 0.15) is 0 Å². The van der Waals surface area contributed by atoms with Crippen molar-refractivity contribution in [1.82, 2.24) is 25.1 Å². The normalized spacial score (nSPS) is 18.2. The molecule has 0 radical (unpaired) electrons. The number of rotatable bonds is 4. The molecule has 1 saturated heterocycles. The maximum Gasteiger partial charge on any atom is 0.274 e. The van der Waals surface area contributed by atoms with Crippen LogP contribution in [-0.4, -0.2) is 56.8 Å². The maximum absolute atomic E-state index is 12.6. The molecule has 0 aliphatic carbocycles. The number of ether oxygens (including phenoxy) is 1. The first-order valence-electron chi connectivity index (χ1n) is 7.26. The summed E-state index contributed by atoms with van der Waals surface area (Å²) in [5, 5.41) is 7.67. The zero-order valence-electron chi connectivity index (χ0n) is 12.1. The van der Waals surface area contributed by atoms with E-state index in [9.17, 15) is 4.79 Å². The number of aryl methyl sites for hydroxylation is 1. The van der Waals surface area contributed by atoms with Gasteiger partial charge in [0.15, 0.2) is 5.69 Å². The minimum absolute atomic E-state index is 0.0188. The van der Waals surface area contributed by atoms with Gasteiger partial charge in [-0.05, 0) is 25.0 Å². The number of morpholine rings is 1. The van der Waals surface area contributed by atoms with E-state index < -0.39 is 0 Å². The second-order valence-corrected chi connectivity index (χ2v) is 5.07. The van der Waals surface area contributed by atoms with E-state index in [2.05, 4.69) is 20.2 Å². The SMILES string of the molecule is O=C(c1cccnn1)N1CCOC[C@H]1CCc1cnccn1. The van der Waals surface area contributed by atoms with Gasteiger partial charge >= 0.3 is 0 Å². The number of carbonyl (C=O) groups is 1. The van der Waals surface area contributed by atoms with Crippen molar-refractivity contribution in [3.05, 3.63) is 48.3 Å². The summed E-state index contributed by atoms with van der Waals surface area (Å²) in [5.74, 6) is -0.0967. The topological polar surface area (TPSA) is 81.1 Å². The van der Waals surface area contributed by atoms with Crippen molar-refractivity contribution in [2.24, 2.45) is 0 Å². The molecule has 0 aromatic carbocycles. The van der Waals surface area contributed by atoms with Crippen LogP contribution in [-0.2, 0) is 11.2 Å². The van der Waals surface area contributed by atoms with Gasteiger partial charge in [0.2, 0.25) is 0 Å². The Bertz CT molecular complexity index is 608. The van der Waals surface area contributed by atoms with Crippen molar-refractivity contribution in [3.8, 4) is 0 Å². The smallest absolute Gasteiger partial charge is 0.274 e. The predicted octanol–water partition coefficient (Wildman–Crippen LogP) is 0.740. The van der Waals surface area contributed by atoms with E-state index >= 15 is 0 Å². The van der Waals surface area contributed by atoms with E-state index in [4.69, 9.17) is 4.74 Å². The number of amides is 1. The van der Waals surface area contributed by atoms with Gasteiger partial charge in [-0.2, -0.15) is 5.10 Å². The first kappa shape index (κ1) is 14.5. The number of carbonyl (C=O) groups excluding carboxylic acids is 1. The van der Waals surface area contributed by atoms with Crippen LogP contribution in [0.5, 0.6) is 0 Å². The molecule has 7 heteroatoms. The molecular formula is C15H17N5O2. The highest BCUT2D eigenvalue weighted by Crippen LogP contribution is 2.15. The molecule has 2 aromatic heterocycles. The molecule has 3 rings (SSSR count). The Labute approximate surface area is 128 Å². The fourth-order valence-corrected chi connectivity index (χ4v) is 2.50. The van der Waals surface area contributed by atoms with Gasteiger partial charge in [-0.3, -0.25) is 14.8 Å². The van der Waals surface area contributed by atoms with Crippen molar-refractivity contribution in [2.75, 3.05) is 19.8 Å². The molecule has 0 spiro atoms. The van der Waals surface area contributed by atoms with Crippen LogP contribution >= 0.6 is 0 Å². The Balaban J connectivity index is 1.67. The standard InChI is InChI=1S/C15H17N5O2/c21-15(14-2-1-5-18-19-14)20-8-9-22-11-13(20)4-3-12-10-16-6-7-17-12/h1-2,5-7,10,13H,3-4,8-9,11H2/t13-/m1/s1. The summed E-state index contributed by atoms with van der Waals surface area (Å²) in [6.45, 7) is 1.65. The molecule has 1 fully saturated rings. The lowest BCUT2D eigenvalue weighted by atomic mass is 10.1. The number of aromatic nitrogens is 4. The van der Waals surface area contributed by atoms with Crippen LogP contribution in [0.25, 0.3) is 0 Å². The zero-order valence-corrected chi connectivity index (χ0v) is 12.1. The molecule has 2 aromatic rings. The van der Waals surface area contributed by atoms with E-state index in [1.807, 2.05) is 4.90 Å². The minimum atomic E-state index is -0.0967. The first-order chi connectivity index (χ1) is 10.8. The summed E-state index contributed by atoms with van der Waals surface area (Å²) in [7, 11) is 0. The van der Waals surface area contributed by atoms with Crippen LogP contribution in [0.1, 0.15) is 22.6 Å². The van der Waals surface area contributed by atoms with E-state index in [-0.39, 0.29) is 11.9 Å². The minimum Gasteiger partial charge on any atom is -0.377 e. The summed E-state index contributed by atoms with van der Waals surface area (Å²) in [6.07, 6.45) is 8.17. The van der Waals surface area contributed by atoms with Crippen molar-refractivity contribution < 1.29 is 9.53 Å². The molecule has 7 nitrogen and oxygen atoms in total.